The first-order valence-corrected chi connectivity index (χ1v) is 7.95. The smallest absolute Gasteiger partial charge is 0.106 e. The topological polar surface area (TPSA) is 39.1 Å². The first kappa shape index (κ1) is 16.5. The monoisotopic (exact) mass is 265 g/mol. The van der Waals surface area contributed by atoms with Crippen molar-refractivity contribution >= 4 is 0 Å². The van der Waals surface area contributed by atoms with Gasteiger partial charge >= 0.3 is 0 Å². The van der Waals surface area contributed by atoms with Crippen molar-refractivity contribution in [1.82, 2.24) is 10.2 Å². The van der Waals surface area contributed by atoms with Gasteiger partial charge in [-0.05, 0) is 50.6 Å². The highest BCUT2D eigenvalue weighted by Gasteiger charge is 2.29. The lowest BCUT2D eigenvalue weighted by Crippen LogP contribution is -2.44. The maximum Gasteiger partial charge on any atom is 0.106 e. The zero-order chi connectivity index (χ0) is 14.3. The third-order valence-corrected chi connectivity index (χ3v) is 4.67. The molecule has 0 radical (unpaired) electrons. The molecular formula is C16H31N3. The van der Waals surface area contributed by atoms with E-state index >= 15 is 0 Å². The zero-order valence-corrected chi connectivity index (χ0v) is 13.2. The second kappa shape index (κ2) is 7.87. The second-order valence-corrected chi connectivity index (χ2v) is 6.29. The Morgan fingerprint density at radius 1 is 1.26 bits per heavy atom. The van der Waals surface area contributed by atoms with Crippen LogP contribution in [-0.2, 0) is 0 Å². The van der Waals surface area contributed by atoms with Gasteiger partial charge < -0.3 is 4.90 Å². The normalized spacial score (nSPS) is 27.1. The van der Waals surface area contributed by atoms with E-state index in [0.717, 1.165) is 50.6 Å². The van der Waals surface area contributed by atoms with Crippen LogP contribution in [0.4, 0.5) is 0 Å². The summed E-state index contributed by atoms with van der Waals surface area (Å²) in [5.74, 6) is 1.65. The molecule has 1 fully saturated rings. The Morgan fingerprint density at radius 3 is 2.37 bits per heavy atom. The summed E-state index contributed by atoms with van der Waals surface area (Å²) in [4.78, 5) is 2.56. The molecule has 19 heavy (non-hydrogen) atoms. The van der Waals surface area contributed by atoms with Crippen LogP contribution < -0.4 is 5.32 Å². The Kier molecular flexibility index (Phi) is 6.82. The minimum Gasteiger partial charge on any atom is -0.303 e. The lowest BCUT2D eigenvalue weighted by atomic mass is 9.91. The number of hydrogen-bond acceptors (Lipinski definition) is 3. The molecule has 1 rings (SSSR count). The van der Waals surface area contributed by atoms with Crippen LogP contribution in [0.15, 0.2) is 0 Å². The highest BCUT2D eigenvalue weighted by Crippen LogP contribution is 2.23. The summed E-state index contributed by atoms with van der Waals surface area (Å²) in [7, 11) is 0. The van der Waals surface area contributed by atoms with E-state index in [4.69, 9.17) is 0 Å². The summed E-state index contributed by atoms with van der Waals surface area (Å²) in [6.45, 7) is 13.5. The number of likely N-dealkylation sites (tertiary alicyclic amines) is 1. The fourth-order valence-electron chi connectivity index (χ4n) is 2.96. The molecule has 1 N–H and O–H groups in total. The van der Waals surface area contributed by atoms with Gasteiger partial charge in [-0.2, -0.15) is 5.26 Å². The summed E-state index contributed by atoms with van der Waals surface area (Å²) in [6.07, 6.45) is 4.08. The fraction of sp³-hybridized carbons (Fsp3) is 0.938. The van der Waals surface area contributed by atoms with Crippen molar-refractivity contribution in [2.75, 3.05) is 26.2 Å². The molecule has 0 aromatic carbocycles. The third kappa shape index (κ3) is 4.78. The van der Waals surface area contributed by atoms with E-state index in [0.29, 0.717) is 0 Å². The van der Waals surface area contributed by atoms with Crippen LogP contribution in [0.25, 0.3) is 0 Å². The predicted molar refractivity (Wildman–Crippen MR) is 80.9 cm³/mol. The van der Waals surface area contributed by atoms with E-state index in [1.807, 2.05) is 0 Å². The van der Waals surface area contributed by atoms with E-state index < -0.39 is 0 Å². The average Bonchev–Trinajstić information content (AvgIpc) is 2.73. The van der Waals surface area contributed by atoms with Gasteiger partial charge in [0.25, 0.3) is 0 Å². The van der Waals surface area contributed by atoms with Crippen molar-refractivity contribution < 1.29 is 0 Å². The molecule has 110 valence electrons. The minimum absolute atomic E-state index is 0.299. The van der Waals surface area contributed by atoms with Gasteiger partial charge in [0, 0.05) is 13.1 Å². The van der Waals surface area contributed by atoms with Crippen molar-refractivity contribution in [2.24, 2.45) is 11.8 Å². The molecule has 1 aliphatic rings. The molecule has 0 aliphatic carbocycles. The summed E-state index contributed by atoms with van der Waals surface area (Å²) in [6, 6.07) is 2.51. The standard InChI is InChI=1S/C16H31N3/c1-5-9-18-16(6-2,13-17)8-7-10-19-11-14(3)15(4)12-19/h14-15,18H,5-12H2,1-4H3. The van der Waals surface area contributed by atoms with Crippen LogP contribution in [0.5, 0.6) is 0 Å². The molecule has 3 nitrogen and oxygen atoms in total. The van der Waals surface area contributed by atoms with E-state index in [2.05, 4.69) is 44.0 Å². The Bertz CT molecular complexity index is 287. The van der Waals surface area contributed by atoms with Crippen LogP contribution >= 0.6 is 0 Å². The molecule has 3 atom stereocenters. The lowest BCUT2D eigenvalue weighted by molar-refractivity contribution is 0.287. The summed E-state index contributed by atoms with van der Waals surface area (Å²) in [5.41, 5.74) is -0.299. The first-order valence-electron chi connectivity index (χ1n) is 7.95. The highest BCUT2D eigenvalue weighted by molar-refractivity contribution is 5.06. The molecule has 0 saturated carbocycles. The predicted octanol–water partition coefficient (Wildman–Crippen LogP) is 3.03. The van der Waals surface area contributed by atoms with E-state index in [1.54, 1.807) is 0 Å². The van der Waals surface area contributed by atoms with Crippen molar-refractivity contribution in [3.05, 3.63) is 0 Å². The Labute approximate surface area is 119 Å². The Balaban J connectivity index is 2.35. The van der Waals surface area contributed by atoms with Gasteiger partial charge in [0.15, 0.2) is 0 Å². The van der Waals surface area contributed by atoms with Gasteiger partial charge in [-0.1, -0.05) is 27.7 Å². The van der Waals surface area contributed by atoms with Crippen LogP contribution in [0.3, 0.4) is 0 Å². The molecule has 3 heteroatoms. The van der Waals surface area contributed by atoms with Crippen molar-refractivity contribution in [3.8, 4) is 6.07 Å². The average molecular weight is 265 g/mol. The fourth-order valence-corrected chi connectivity index (χ4v) is 2.96. The van der Waals surface area contributed by atoms with Crippen molar-refractivity contribution in [3.63, 3.8) is 0 Å². The van der Waals surface area contributed by atoms with Gasteiger partial charge in [-0.3, -0.25) is 5.32 Å². The third-order valence-electron chi connectivity index (χ3n) is 4.67. The molecular weight excluding hydrogens is 234 g/mol. The molecule has 0 bridgehead atoms. The second-order valence-electron chi connectivity index (χ2n) is 6.29. The molecule has 1 heterocycles. The molecule has 0 aromatic heterocycles. The number of nitrogens with zero attached hydrogens (tertiary/aromatic N) is 2. The summed E-state index contributed by atoms with van der Waals surface area (Å²) >= 11 is 0. The van der Waals surface area contributed by atoms with Crippen LogP contribution in [0.2, 0.25) is 0 Å². The zero-order valence-electron chi connectivity index (χ0n) is 13.2. The number of nitriles is 1. The van der Waals surface area contributed by atoms with Gasteiger partial charge in [0.2, 0.25) is 0 Å². The Hall–Kier alpha value is -0.590. The number of hydrogen-bond donors (Lipinski definition) is 1. The first-order chi connectivity index (χ1) is 9.06. The van der Waals surface area contributed by atoms with Gasteiger partial charge in [-0.25, -0.2) is 0 Å². The Morgan fingerprint density at radius 2 is 1.89 bits per heavy atom. The molecule has 3 unspecified atom stereocenters. The SMILES string of the molecule is CCCNC(C#N)(CC)CCCN1CC(C)C(C)C1. The van der Waals surface area contributed by atoms with Crippen LogP contribution in [0.1, 0.15) is 53.4 Å². The van der Waals surface area contributed by atoms with Crippen molar-refractivity contribution in [2.45, 2.75) is 58.9 Å². The molecule has 1 saturated heterocycles. The number of nitrogens with one attached hydrogen (secondary N) is 1. The largest absolute Gasteiger partial charge is 0.303 e. The lowest BCUT2D eigenvalue weighted by Gasteiger charge is -2.27. The molecule has 0 spiro atoms. The summed E-state index contributed by atoms with van der Waals surface area (Å²) < 4.78 is 0. The molecule has 1 aliphatic heterocycles. The van der Waals surface area contributed by atoms with Gasteiger partial charge in [0.05, 0.1) is 6.07 Å². The van der Waals surface area contributed by atoms with Crippen molar-refractivity contribution in [1.29, 1.82) is 5.26 Å². The molecule has 0 amide bonds. The quantitative estimate of drug-likeness (QED) is 0.733. The van der Waals surface area contributed by atoms with E-state index in [1.165, 1.54) is 13.1 Å². The highest BCUT2D eigenvalue weighted by atomic mass is 15.1. The minimum atomic E-state index is -0.299. The van der Waals surface area contributed by atoms with Gasteiger partial charge in [-0.15, -0.1) is 0 Å². The van der Waals surface area contributed by atoms with Crippen LogP contribution in [-0.4, -0.2) is 36.6 Å². The maximum atomic E-state index is 9.45. The van der Waals surface area contributed by atoms with Crippen LogP contribution in [0, 0.1) is 23.2 Å². The maximum absolute atomic E-state index is 9.45. The van der Waals surface area contributed by atoms with E-state index in [9.17, 15) is 5.26 Å². The van der Waals surface area contributed by atoms with E-state index in [-0.39, 0.29) is 5.54 Å². The van der Waals surface area contributed by atoms with Gasteiger partial charge in [0.1, 0.15) is 5.54 Å². The number of rotatable bonds is 8. The molecule has 0 aromatic rings. The summed E-state index contributed by atoms with van der Waals surface area (Å²) in [5, 5.41) is 12.9.